The zero-order valence-corrected chi connectivity index (χ0v) is 11.9. The summed E-state index contributed by atoms with van der Waals surface area (Å²) < 4.78 is 19.0. The lowest BCUT2D eigenvalue weighted by Gasteiger charge is -2.18. The molecule has 2 aromatic rings. The average molecular weight is 317 g/mol. The third-order valence-corrected chi connectivity index (χ3v) is 3.37. The SMILES string of the molecule is C[C@@H](Oc1cc(O)cnc1N)c1c(Cl)ccc(F)c1Cl. The number of rotatable bonds is 3. The Hall–Kier alpha value is -1.72. The number of aromatic hydroxyl groups is 1. The Kier molecular flexibility index (Phi) is 4.20. The number of anilines is 1. The van der Waals surface area contributed by atoms with Gasteiger partial charge in [-0.1, -0.05) is 23.2 Å². The smallest absolute Gasteiger partial charge is 0.166 e. The van der Waals surface area contributed by atoms with Gasteiger partial charge in [0.25, 0.3) is 0 Å². The van der Waals surface area contributed by atoms with E-state index in [1.807, 2.05) is 0 Å². The van der Waals surface area contributed by atoms with Gasteiger partial charge >= 0.3 is 0 Å². The van der Waals surface area contributed by atoms with Crippen LogP contribution in [0.5, 0.6) is 11.5 Å². The quantitative estimate of drug-likeness (QED) is 0.841. The molecule has 0 aliphatic carbocycles. The van der Waals surface area contributed by atoms with E-state index in [2.05, 4.69) is 4.98 Å². The molecule has 3 N–H and O–H groups in total. The summed E-state index contributed by atoms with van der Waals surface area (Å²) in [5.41, 5.74) is 5.94. The molecular formula is C13H11Cl2FN2O2. The van der Waals surface area contributed by atoms with E-state index in [9.17, 15) is 9.50 Å². The molecule has 4 nitrogen and oxygen atoms in total. The molecule has 0 amide bonds. The Morgan fingerprint density at radius 2 is 2.10 bits per heavy atom. The second-order valence-electron chi connectivity index (χ2n) is 4.09. The van der Waals surface area contributed by atoms with Gasteiger partial charge in [0.2, 0.25) is 0 Å². The van der Waals surface area contributed by atoms with Gasteiger partial charge in [0.15, 0.2) is 11.6 Å². The Bertz CT molecular complexity index is 653. The Morgan fingerprint density at radius 1 is 1.40 bits per heavy atom. The van der Waals surface area contributed by atoms with Crippen LogP contribution in [0.2, 0.25) is 10.0 Å². The van der Waals surface area contributed by atoms with Crippen molar-refractivity contribution in [3.05, 3.63) is 45.8 Å². The van der Waals surface area contributed by atoms with Gasteiger partial charge in [-0.15, -0.1) is 0 Å². The van der Waals surface area contributed by atoms with Gasteiger partial charge in [-0.25, -0.2) is 9.37 Å². The number of nitrogens with two attached hydrogens (primary N) is 1. The fraction of sp³-hybridized carbons (Fsp3) is 0.154. The van der Waals surface area contributed by atoms with Gasteiger partial charge in [-0.3, -0.25) is 0 Å². The van der Waals surface area contributed by atoms with E-state index in [1.165, 1.54) is 24.4 Å². The first kappa shape index (κ1) is 14.7. The number of ether oxygens (including phenoxy) is 1. The molecule has 1 aromatic heterocycles. The molecule has 1 heterocycles. The number of halogens is 3. The average Bonchev–Trinajstić information content (AvgIpc) is 2.39. The van der Waals surface area contributed by atoms with E-state index >= 15 is 0 Å². The molecule has 0 unspecified atom stereocenters. The van der Waals surface area contributed by atoms with Gasteiger partial charge in [0, 0.05) is 16.7 Å². The van der Waals surface area contributed by atoms with Crippen LogP contribution in [0, 0.1) is 5.82 Å². The standard InChI is InChI=1S/C13H11Cl2FN2O2/c1-6(11-8(14)2-3-9(16)12(11)15)20-10-4-7(19)5-18-13(10)17/h2-6,19H,1H3,(H2,17,18)/t6-/m1/s1. The topological polar surface area (TPSA) is 68.4 Å². The van der Waals surface area contributed by atoms with Crippen molar-refractivity contribution in [2.24, 2.45) is 0 Å². The largest absolute Gasteiger partial charge is 0.506 e. The molecule has 0 aliphatic heterocycles. The van der Waals surface area contributed by atoms with Crippen LogP contribution in [0.15, 0.2) is 24.4 Å². The first-order valence-corrected chi connectivity index (χ1v) is 6.40. The molecule has 106 valence electrons. The fourth-order valence-corrected chi connectivity index (χ4v) is 2.38. The number of nitrogens with zero attached hydrogens (tertiary/aromatic N) is 1. The van der Waals surface area contributed by atoms with Crippen molar-refractivity contribution in [2.75, 3.05) is 5.73 Å². The maximum absolute atomic E-state index is 13.5. The molecule has 0 bridgehead atoms. The zero-order chi connectivity index (χ0) is 14.9. The lowest BCUT2D eigenvalue weighted by atomic mass is 10.1. The minimum Gasteiger partial charge on any atom is -0.506 e. The molecule has 1 atom stereocenters. The second-order valence-corrected chi connectivity index (χ2v) is 4.88. The third-order valence-electron chi connectivity index (χ3n) is 2.66. The van der Waals surface area contributed by atoms with Crippen molar-refractivity contribution in [3.8, 4) is 11.5 Å². The van der Waals surface area contributed by atoms with Crippen molar-refractivity contribution in [2.45, 2.75) is 13.0 Å². The minimum absolute atomic E-state index is 0.0956. The molecular weight excluding hydrogens is 306 g/mol. The van der Waals surface area contributed by atoms with Crippen LogP contribution < -0.4 is 10.5 Å². The lowest BCUT2D eigenvalue weighted by molar-refractivity contribution is 0.226. The summed E-state index contributed by atoms with van der Waals surface area (Å²) in [5, 5.41) is 9.52. The molecule has 0 fully saturated rings. The normalized spacial score (nSPS) is 12.2. The summed E-state index contributed by atoms with van der Waals surface area (Å²) >= 11 is 11.9. The van der Waals surface area contributed by atoms with E-state index in [4.69, 9.17) is 33.7 Å². The van der Waals surface area contributed by atoms with E-state index < -0.39 is 11.9 Å². The van der Waals surface area contributed by atoms with Crippen LogP contribution >= 0.6 is 23.2 Å². The summed E-state index contributed by atoms with van der Waals surface area (Å²) in [4.78, 5) is 3.75. The van der Waals surface area contributed by atoms with Gasteiger partial charge in [0.05, 0.1) is 11.2 Å². The van der Waals surface area contributed by atoms with Crippen molar-refractivity contribution >= 4 is 29.0 Å². The number of nitrogen functional groups attached to an aromatic ring is 1. The first-order chi connectivity index (χ1) is 9.40. The van der Waals surface area contributed by atoms with Crippen LogP contribution in [0.3, 0.4) is 0 Å². The highest BCUT2D eigenvalue weighted by Crippen LogP contribution is 2.36. The summed E-state index contributed by atoms with van der Waals surface area (Å²) in [7, 11) is 0. The molecule has 2 rings (SSSR count). The van der Waals surface area contributed by atoms with Crippen LogP contribution in [-0.2, 0) is 0 Å². The lowest BCUT2D eigenvalue weighted by Crippen LogP contribution is -2.07. The van der Waals surface area contributed by atoms with Crippen LogP contribution in [0.1, 0.15) is 18.6 Å². The first-order valence-electron chi connectivity index (χ1n) is 5.64. The fourth-order valence-electron chi connectivity index (χ4n) is 1.70. The number of hydrogen-bond donors (Lipinski definition) is 2. The molecule has 0 aliphatic rings. The molecule has 0 saturated carbocycles. The molecule has 0 saturated heterocycles. The predicted molar refractivity (Wildman–Crippen MR) is 75.8 cm³/mol. The highest BCUT2D eigenvalue weighted by molar-refractivity contribution is 6.36. The maximum atomic E-state index is 13.5. The Morgan fingerprint density at radius 3 is 2.80 bits per heavy atom. The summed E-state index contributed by atoms with van der Waals surface area (Å²) in [6.45, 7) is 1.63. The van der Waals surface area contributed by atoms with Crippen molar-refractivity contribution < 1.29 is 14.2 Å². The predicted octanol–water partition coefficient (Wildman–Crippen LogP) is 3.96. The second kappa shape index (κ2) is 5.73. The molecule has 0 spiro atoms. The van der Waals surface area contributed by atoms with E-state index in [0.717, 1.165) is 0 Å². The third kappa shape index (κ3) is 2.89. The Labute approximate surface area is 124 Å². The summed E-state index contributed by atoms with van der Waals surface area (Å²) in [6.07, 6.45) is 0.520. The Balaban J connectivity index is 2.35. The number of benzene rings is 1. The van der Waals surface area contributed by atoms with E-state index in [0.29, 0.717) is 5.56 Å². The van der Waals surface area contributed by atoms with E-state index in [1.54, 1.807) is 6.92 Å². The molecule has 20 heavy (non-hydrogen) atoms. The monoisotopic (exact) mass is 316 g/mol. The summed E-state index contributed by atoms with van der Waals surface area (Å²) in [5.74, 6) is -0.437. The van der Waals surface area contributed by atoms with Gasteiger partial charge in [-0.2, -0.15) is 0 Å². The highest BCUT2D eigenvalue weighted by Gasteiger charge is 2.19. The number of aromatic nitrogens is 1. The van der Waals surface area contributed by atoms with Crippen molar-refractivity contribution in [3.63, 3.8) is 0 Å². The van der Waals surface area contributed by atoms with Crippen molar-refractivity contribution in [1.82, 2.24) is 4.98 Å². The molecule has 1 aromatic carbocycles. The maximum Gasteiger partial charge on any atom is 0.166 e. The summed E-state index contributed by atoms with van der Waals surface area (Å²) in [6, 6.07) is 3.87. The van der Waals surface area contributed by atoms with Crippen LogP contribution in [0.25, 0.3) is 0 Å². The number of hydrogen-bond acceptors (Lipinski definition) is 4. The molecule has 0 radical (unpaired) electrons. The van der Waals surface area contributed by atoms with Gasteiger partial charge < -0.3 is 15.6 Å². The van der Waals surface area contributed by atoms with Crippen LogP contribution in [0.4, 0.5) is 10.2 Å². The molecule has 7 heteroatoms. The minimum atomic E-state index is -0.670. The van der Waals surface area contributed by atoms with E-state index in [-0.39, 0.29) is 27.4 Å². The van der Waals surface area contributed by atoms with Crippen molar-refractivity contribution in [1.29, 1.82) is 0 Å². The number of pyridine rings is 1. The highest BCUT2D eigenvalue weighted by atomic mass is 35.5. The van der Waals surface area contributed by atoms with Crippen LogP contribution in [-0.4, -0.2) is 10.1 Å². The van der Waals surface area contributed by atoms with Gasteiger partial charge in [0.1, 0.15) is 17.7 Å². The zero-order valence-electron chi connectivity index (χ0n) is 10.4. The van der Waals surface area contributed by atoms with Gasteiger partial charge in [-0.05, 0) is 19.1 Å².